The second kappa shape index (κ2) is 8.62. The Kier molecular flexibility index (Phi) is 5.52. The fourth-order valence-corrected chi connectivity index (χ4v) is 4.26. The molecule has 5 heterocycles. The minimum atomic E-state index is 0.356. The van der Waals surface area contributed by atoms with Gasteiger partial charge in [0.05, 0.1) is 29.0 Å². The first kappa shape index (κ1) is 20.5. The van der Waals surface area contributed by atoms with Gasteiger partial charge in [0.2, 0.25) is 0 Å². The van der Waals surface area contributed by atoms with E-state index in [2.05, 4.69) is 53.8 Å². The van der Waals surface area contributed by atoms with Gasteiger partial charge in [0.15, 0.2) is 11.5 Å². The number of aryl methyl sites for hydroxylation is 1. The van der Waals surface area contributed by atoms with E-state index in [0.29, 0.717) is 11.9 Å². The van der Waals surface area contributed by atoms with Crippen molar-refractivity contribution in [2.45, 2.75) is 39.7 Å². The van der Waals surface area contributed by atoms with Crippen LogP contribution in [0.25, 0.3) is 16.9 Å². The molecule has 1 aliphatic rings. The van der Waals surface area contributed by atoms with Crippen molar-refractivity contribution < 1.29 is 0 Å². The lowest BCUT2D eigenvalue weighted by Crippen LogP contribution is -2.36. The molecule has 1 N–H and O–H groups in total. The van der Waals surface area contributed by atoms with E-state index >= 15 is 0 Å². The van der Waals surface area contributed by atoms with Gasteiger partial charge in [-0.3, -0.25) is 0 Å². The van der Waals surface area contributed by atoms with Crippen LogP contribution in [-0.2, 0) is 0 Å². The minimum absolute atomic E-state index is 0.356. The molecule has 0 unspecified atom stereocenters. The predicted octanol–water partition coefficient (Wildman–Crippen LogP) is 3.11. The molecule has 4 aromatic heterocycles. The molecule has 0 atom stereocenters. The predicted molar refractivity (Wildman–Crippen MR) is 122 cm³/mol. The Balaban J connectivity index is 1.36. The first-order chi connectivity index (χ1) is 15.6. The van der Waals surface area contributed by atoms with Gasteiger partial charge >= 0.3 is 0 Å². The van der Waals surface area contributed by atoms with Gasteiger partial charge in [0.25, 0.3) is 0 Å². The lowest BCUT2D eigenvalue weighted by atomic mass is 10.0. The summed E-state index contributed by atoms with van der Waals surface area (Å²) in [6.45, 7) is 9.57. The third kappa shape index (κ3) is 4.05. The highest BCUT2D eigenvalue weighted by atomic mass is 15.3. The van der Waals surface area contributed by atoms with Crippen molar-refractivity contribution in [2.24, 2.45) is 0 Å². The molecule has 0 saturated carbocycles. The third-order valence-electron chi connectivity index (χ3n) is 5.81. The number of likely N-dealkylation sites (tertiary alicyclic amines) is 1. The molecule has 4 aromatic rings. The number of hydrogen-bond donors (Lipinski definition) is 1. The van der Waals surface area contributed by atoms with Crippen molar-refractivity contribution in [3.05, 3.63) is 48.9 Å². The van der Waals surface area contributed by atoms with E-state index in [1.54, 1.807) is 17.3 Å². The van der Waals surface area contributed by atoms with E-state index < -0.39 is 0 Å². The molecular weight excluding hydrogens is 404 g/mol. The number of fused-ring (bicyclic) bond motifs is 1. The Labute approximate surface area is 186 Å². The monoisotopic (exact) mass is 431 g/mol. The zero-order valence-electron chi connectivity index (χ0n) is 18.6. The summed E-state index contributed by atoms with van der Waals surface area (Å²) in [4.78, 5) is 20.1. The largest absolute Gasteiger partial charge is 0.338 e. The van der Waals surface area contributed by atoms with Gasteiger partial charge in [-0.15, -0.1) is 0 Å². The van der Waals surface area contributed by atoms with Crippen LogP contribution in [0.5, 0.6) is 0 Å². The Bertz CT molecular complexity index is 1190. The van der Waals surface area contributed by atoms with Crippen molar-refractivity contribution in [3.8, 4) is 5.82 Å². The topological polar surface area (TPSA) is 102 Å². The lowest BCUT2D eigenvalue weighted by Gasteiger charge is -2.32. The van der Waals surface area contributed by atoms with Crippen LogP contribution in [0.15, 0.2) is 37.3 Å². The highest BCUT2D eigenvalue weighted by molar-refractivity contribution is 5.88. The summed E-state index contributed by atoms with van der Waals surface area (Å²) < 4.78 is 3.70. The first-order valence-electron chi connectivity index (χ1n) is 10.9. The molecule has 1 aliphatic heterocycles. The Hall–Kier alpha value is -3.40. The lowest BCUT2D eigenvalue weighted by molar-refractivity contribution is 0.188. The van der Waals surface area contributed by atoms with Gasteiger partial charge < -0.3 is 10.2 Å². The van der Waals surface area contributed by atoms with Crippen LogP contribution in [0.1, 0.15) is 38.4 Å². The van der Waals surface area contributed by atoms with Gasteiger partial charge in [-0.2, -0.15) is 10.2 Å². The summed E-state index contributed by atoms with van der Waals surface area (Å²) >= 11 is 0. The van der Waals surface area contributed by atoms with Crippen LogP contribution in [0.3, 0.4) is 0 Å². The van der Waals surface area contributed by atoms with Gasteiger partial charge in [0, 0.05) is 19.6 Å². The molecule has 0 aliphatic carbocycles. The normalized spacial score (nSPS) is 15.6. The summed E-state index contributed by atoms with van der Waals surface area (Å²) in [5.74, 6) is 2.90. The zero-order chi connectivity index (χ0) is 22.1. The van der Waals surface area contributed by atoms with Crippen LogP contribution < -0.4 is 5.32 Å². The summed E-state index contributed by atoms with van der Waals surface area (Å²) in [5.41, 5.74) is 2.58. The number of hydrogen-bond acceptors (Lipinski definition) is 8. The minimum Gasteiger partial charge on any atom is -0.338 e. The smallest absolute Gasteiger partial charge is 0.163 e. The molecule has 5 rings (SSSR count). The molecule has 1 saturated heterocycles. The SMILES string of the molecule is C[C](C)CN1CCC(n2ncc3c(Nc4ccc(-n5cncn5)nc4C)ncnc32)CC1. The number of rotatable bonds is 6. The van der Waals surface area contributed by atoms with Gasteiger partial charge in [-0.25, -0.2) is 29.3 Å². The molecule has 1 fully saturated rings. The van der Waals surface area contributed by atoms with Crippen LogP contribution in [0, 0.1) is 12.8 Å². The van der Waals surface area contributed by atoms with Gasteiger partial charge in [-0.1, -0.05) is 13.8 Å². The number of aromatic nitrogens is 8. The molecule has 0 amide bonds. The fourth-order valence-electron chi connectivity index (χ4n) is 4.26. The quantitative estimate of drug-likeness (QED) is 0.497. The number of piperidine rings is 1. The fraction of sp³-hybridized carbons (Fsp3) is 0.409. The van der Waals surface area contributed by atoms with Crippen LogP contribution in [-0.4, -0.2) is 64.0 Å². The highest BCUT2D eigenvalue weighted by Gasteiger charge is 2.24. The van der Waals surface area contributed by atoms with Crippen LogP contribution in [0.2, 0.25) is 0 Å². The first-order valence-corrected chi connectivity index (χ1v) is 10.9. The van der Waals surface area contributed by atoms with E-state index in [1.165, 1.54) is 12.2 Å². The average molecular weight is 432 g/mol. The van der Waals surface area contributed by atoms with E-state index in [9.17, 15) is 0 Å². The maximum atomic E-state index is 4.69. The van der Waals surface area contributed by atoms with Gasteiger partial charge in [0.1, 0.15) is 24.8 Å². The third-order valence-corrected chi connectivity index (χ3v) is 5.81. The number of pyridine rings is 1. The zero-order valence-corrected chi connectivity index (χ0v) is 18.6. The standard InChI is InChI=1S/C22H27N10/c1-15(2)11-30-8-6-17(7-9-30)32-22-18(10-26-32)21(24-13-25-22)29-19-4-5-20(28-16(19)3)31-14-23-12-27-31/h4-5,10,12-14,17H,6-9,11H2,1-3H3,(H,24,25,29). The molecule has 1 radical (unpaired) electrons. The summed E-state index contributed by atoms with van der Waals surface area (Å²) in [6, 6.07) is 4.23. The second-order valence-electron chi connectivity index (χ2n) is 8.53. The Morgan fingerprint density at radius 1 is 1.09 bits per heavy atom. The molecule has 165 valence electrons. The van der Waals surface area contributed by atoms with Crippen molar-refractivity contribution in [2.75, 3.05) is 25.0 Å². The molecule has 10 heteroatoms. The molecular formula is C22H27N10. The van der Waals surface area contributed by atoms with E-state index in [-0.39, 0.29) is 0 Å². The average Bonchev–Trinajstić information content (AvgIpc) is 3.46. The number of anilines is 2. The van der Waals surface area contributed by atoms with Crippen LogP contribution >= 0.6 is 0 Å². The van der Waals surface area contributed by atoms with Gasteiger partial charge in [-0.05, 0) is 37.8 Å². The van der Waals surface area contributed by atoms with Crippen LogP contribution in [0.4, 0.5) is 11.5 Å². The number of nitrogens with one attached hydrogen (secondary N) is 1. The van der Waals surface area contributed by atoms with E-state index in [0.717, 1.165) is 60.7 Å². The molecule has 0 spiro atoms. The number of nitrogens with zero attached hydrogens (tertiary/aromatic N) is 9. The Morgan fingerprint density at radius 2 is 1.94 bits per heavy atom. The maximum Gasteiger partial charge on any atom is 0.163 e. The highest BCUT2D eigenvalue weighted by Crippen LogP contribution is 2.29. The molecule has 0 bridgehead atoms. The summed E-state index contributed by atoms with van der Waals surface area (Å²) in [7, 11) is 0. The van der Waals surface area contributed by atoms with Crippen molar-refractivity contribution in [3.63, 3.8) is 0 Å². The maximum absolute atomic E-state index is 4.69. The van der Waals surface area contributed by atoms with E-state index in [4.69, 9.17) is 5.10 Å². The van der Waals surface area contributed by atoms with Crippen molar-refractivity contribution in [1.82, 2.24) is 44.4 Å². The summed E-state index contributed by atoms with van der Waals surface area (Å²) in [6.07, 6.45) is 8.72. The molecule has 10 nitrogen and oxygen atoms in total. The second-order valence-corrected chi connectivity index (χ2v) is 8.53. The molecule has 0 aromatic carbocycles. The van der Waals surface area contributed by atoms with Crippen molar-refractivity contribution in [1.29, 1.82) is 0 Å². The summed E-state index contributed by atoms with van der Waals surface area (Å²) in [5, 5.41) is 13.1. The van der Waals surface area contributed by atoms with E-state index in [1.807, 2.05) is 25.3 Å². The van der Waals surface area contributed by atoms with Crippen molar-refractivity contribution >= 4 is 22.5 Å². The molecule has 32 heavy (non-hydrogen) atoms. The Morgan fingerprint density at radius 3 is 2.66 bits per heavy atom.